The highest BCUT2D eigenvalue weighted by Crippen LogP contribution is 2.44. The zero-order chi connectivity index (χ0) is 21.1. The van der Waals surface area contributed by atoms with Crippen molar-refractivity contribution in [2.75, 3.05) is 22.7 Å². The number of amides is 1. The van der Waals surface area contributed by atoms with Crippen LogP contribution in [0.5, 0.6) is 5.75 Å². The molecule has 9 nitrogen and oxygen atoms in total. The van der Waals surface area contributed by atoms with Crippen LogP contribution < -0.4 is 19.9 Å². The number of benzene rings is 1. The SMILES string of the molecule is CC(C)CCNc1cc2c(F)c(N3CC(=O)NS3(=O)=O)c(O)c3c2n(c1=O)CC3. The smallest absolute Gasteiger partial charge is 0.326 e. The summed E-state index contributed by atoms with van der Waals surface area (Å²) in [6, 6.07) is 1.35. The van der Waals surface area contributed by atoms with Crippen molar-refractivity contribution in [1.82, 2.24) is 9.29 Å². The van der Waals surface area contributed by atoms with E-state index in [0.29, 0.717) is 16.8 Å². The molecule has 0 saturated carbocycles. The predicted octanol–water partition coefficient (Wildman–Crippen LogP) is 1.04. The third-order valence-corrected chi connectivity index (χ3v) is 6.60. The van der Waals surface area contributed by atoms with Gasteiger partial charge in [0.1, 0.15) is 23.7 Å². The summed E-state index contributed by atoms with van der Waals surface area (Å²) < 4.78 is 43.5. The molecule has 3 heterocycles. The van der Waals surface area contributed by atoms with Crippen LogP contribution in [0.25, 0.3) is 10.9 Å². The summed E-state index contributed by atoms with van der Waals surface area (Å²) in [5.74, 6) is -1.97. The van der Waals surface area contributed by atoms with Gasteiger partial charge >= 0.3 is 10.2 Å². The van der Waals surface area contributed by atoms with Gasteiger partial charge in [-0.15, -0.1) is 0 Å². The molecule has 29 heavy (non-hydrogen) atoms. The average Bonchev–Trinajstić information content (AvgIpc) is 3.17. The van der Waals surface area contributed by atoms with Crippen LogP contribution in [0.15, 0.2) is 10.9 Å². The molecule has 0 aliphatic carbocycles. The Bertz CT molecular complexity index is 1210. The Morgan fingerprint density at radius 1 is 1.34 bits per heavy atom. The number of hydrogen-bond donors (Lipinski definition) is 3. The number of nitrogens with one attached hydrogen (secondary N) is 2. The van der Waals surface area contributed by atoms with Crippen molar-refractivity contribution >= 4 is 38.4 Å². The summed E-state index contributed by atoms with van der Waals surface area (Å²) >= 11 is 0. The molecule has 11 heteroatoms. The first-order valence-corrected chi connectivity index (χ1v) is 10.7. The van der Waals surface area contributed by atoms with Crippen molar-refractivity contribution in [3.8, 4) is 5.75 Å². The van der Waals surface area contributed by atoms with Crippen molar-refractivity contribution in [3.63, 3.8) is 0 Å². The Hall–Kier alpha value is -2.82. The van der Waals surface area contributed by atoms with E-state index in [9.17, 15) is 23.1 Å². The Morgan fingerprint density at radius 2 is 2.07 bits per heavy atom. The minimum absolute atomic E-state index is 0.0199. The normalized spacial score (nSPS) is 17.4. The predicted molar refractivity (Wildman–Crippen MR) is 106 cm³/mol. The third-order valence-electron chi connectivity index (χ3n) is 5.22. The number of phenolic OH excluding ortho intramolecular Hbond substituents is 1. The van der Waals surface area contributed by atoms with E-state index in [1.165, 1.54) is 10.6 Å². The molecule has 156 valence electrons. The fraction of sp³-hybridized carbons (Fsp3) is 0.444. The van der Waals surface area contributed by atoms with E-state index < -0.39 is 39.9 Å². The first kappa shape index (κ1) is 19.5. The molecule has 0 spiro atoms. The lowest BCUT2D eigenvalue weighted by Crippen LogP contribution is -2.30. The highest BCUT2D eigenvalue weighted by molar-refractivity contribution is 7.92. The van der Waals surface area contributed by atoms with Crippen molar-refractivity contribution in [2.45, 2.75) is 33.2 Å². The zero-order valence-electron chi connectivity index (χ0n) is 16.0. The van der Waals surface area contributed by atoms with E-state index in [0.717, 1.165) is 6.42 Å². The zero-order valence-corrected chi connectivity index (χ0v) is 16.8. The highest BCUT2D eigenvalue weighted by atomic mass is 32.2. The van der Waals surface area contributed by atoms with Crippen LogP contribution in [0.1, 0.15) is 25.8 Å². The largest absolute Gasteiger partial charge is 0.505 e. The van der Waals surface area contributed by atoms with Gasteiger partial charge in [0, 0.05) is 24.0 Å². The lowest BCUT2D eigenvalue weighted by atomic mass is 10.0. The van der Waals surface area contributed by atoms with Crippen LogP contribution in [0, 0.1) is 11.7 Å². The van der Waals surface area contributed by atoms with Crippen LogP contribution in [-0.4, -0.2) is 37.1 Å². The molecule has 2 aromatic rings. The molecule has 2 aliphatic heterocycles. The van der Waals surface area contributed by atoms with Crippen LogP contribution in [0.3, 0.4) is 0 Å². The van der Waals surface area contributed by atoms with Gasteiger partial charge in [0.15, 0.2) is 5.82 Å². The molecule has 0 unspecified atom stereocenters. The number of anilines is 2. The number of aryl methyl sites for hydroxylation is 2. The molecule has 1 saturated heterocycles. The first-order chi connectivity index (χ1) is 13.6. The molecule has 1 aromatic heterocycles. The second-order valence-corrected chi connectivity index (χ2v) is 9.26. The summed E-state index contributed by atoms with van der Waals surface area (Å²) in [5, 5.41) is 13.7. The molecule has 0 atom stereocenters. The van der Waals surface area contributed by atoms with E-state index in [-0.39, 0.29) is 40.7 Å². The average molecular weight is 424 g/mol. The second kappa shape index (κ2) is 6.61. The number of carbonyl (C=O) groups is 1. The Morgan fingerprint density at radius 3 is 2.69 bits per heavy atom. The third kappa shape index (κ3) is 3.00. The molecule has 4 rings (SSSR count). The van der Waals surface area contributed by atoms with Gasteiger partial charge in [0.2, 0.25) is 0 Å². The van der Waals surface area contributed by atoms with E-state index >= 15 is 4.39 Å². The Balaban J connectivity index is 1.92. The molecule has 3 N–H and O–H groups in total. The summed E-state index contributed by atoms with van der Waals surface area (Å²) in [4.78, 5) is 24.3. The number of phenols is 1. The minimum Gasteiger partial charge on any atom is -0.505 e. The quantitative estimate of drug-likeness (QED) is 0.660. The first-order valence-electron chi connectivity index (χ1n) is 9.30. The van der Waals surface area contributed by atoms with Gasteiger partial charge < -0.3 is 15.0 Å². The van der Waals surface area contributed by atoms with Gasteiger partial charge in [-0.2, -0.15) is 8.42 Å². The fourth-order valence-corrected chi connectivity index (χ4v) is 4.97. The number of pyridine rings is 1. The maximum atomic E-state index is 15.5. The number of halogens is 1. The van der Waals surface area contributed by atoms with Crippen molar-refractivity contribution in [2.24, 2.45) is 5.92 Å². The maximum Gasteiger partial charge on any atom is 0.326 e. The topological polar surface area (TPSA) is 121 Å². The number of aromatic nitrogens is 1. The Labute approximate surface area is 166 Å². The van der Waals surface area contributed by atoms with Crippen LogP contribution in [0.4, 0.5) is 15.8 Å². The number of nitrogens with zero attached hydrogens (tertiary/aromatic N) is 2. The van der Waals surface area contributed by atoms with Crippen molar-refractivity contribution in [3.05, 3.63) is 27.8 Å². The summed E-state index contributed by atoms with van der Waals surface area (Å²) in [7, 11) is -4.30. The van der Waals surface area contributed by atoms with Gasteiger partial charge in [-0.25, -0.2) is 13.4 Å². The summed E-state index contributed by atoms with van der Waals surface area (Å²) in [5.41, 5.74) is -0.154. The van der Waals surface area contributed by atoms with Crippen LogP contribution >= 0.6 is 0 Å². The molecule has 2 aliphatic rings. The van der Waals surface area contributed by atoms with E-state index in [4.69, 9.17) is 0 Å². The number of rotatable bonds is 5. The van der Waals surface area contributed by atoms with Gasteiger partial charge in [0.25, 0.3) is 11.5 Å². The number of carbonyl (C=O) groups excluding carboxylic acids is 1. The molecule has 0 radical (unpaired) electrons. The lowest BCUT2D eigenvalue weighted by molar-refractivity contribution is -0.117. The van der Waals surface area contributed by atoms with E-state index in [2.05, 4.69) is 5.32 Å². The lowest BCUT2D eigenvalue weighted by Gasteiger charge is -2.20. The van der Waals surface area contributed by atoms with E-state index in [1.807, 2.05) is 13.8 Å². The van der Waals surface area contributed by atoms with Crippen LogP contribution in [-0.2, 0) is 28.0 Å². The Kier molecular flexibility index (Phi) is 4.45. The molecular formula is C18H21FN4O5S. The number of hydrogen-bond acceptors (Lipinski definition) is 6. The van der Waals surface area contributed by atoms with Gasteiger partial charge in [-0.05, 0) is 24.8 Å². The molecular weight excluding hydrogens is 403 g/mol. The standard InChI is InChI=1S/C18H21FN4O5S/c1-9(2)3-5-20-12-7-11-14(19)16(23-8-13(24)21-29(23,27)28)17(25)10-4-6-22(15(10)11)18(12)26/h7,9,20,25H,3-6,8H2,1-2H3,(H,21,24). The van der Waals surface area contributed by atoms with Gasteiger partial charge in [0.05, 0.1) is 5.52 Å². The van der Waals surface area contributed by atoms with Crippen molar-refractivity contribution in [1.29, 1.82) is 0 Å². The van der Waals surface area contributed by atoms with Gasteiger partial charge in [-0.3, -0.25) is 9.59 Å². The second-order valence-electron chi connectivity index (χ2n) is 7.66. The fourth-order valence-electron chi connectivity index (χ4n) is 3.82. The van der Waals surface area contributed by atoms with Crippen molar-refractivity contribution < 1.29 is 22.7 Å². The summed E-state index contributed by atoms with van der Waals surface area (Å²) in [6.07, 6.45) is 1.06. The van der Waals surface area contributed by atoms with E-state index in [1.54, 1.807) is 4.72 Å². The highest BCUT2D eigenvalue weighted by Gasteiger charge is 2.40. The maximum absolute atomic E-state index is 15.5. The molecule has 1 amide bonds. The van der Waals surface area contributed by atoms with Crippen LogP contribution in [0.2, 0.25) is 0 Å². The molecule has 1 aromatic carbocycles. The number of aromatic hydroxyl groups is 1. The molecule has 1 fully saturated rings. The van der Waals surface area contributed by atoms with Gasteiger partial charge in [-0.1, -0.05) is 13.8 Å². The molecule has 0 bridgehead atoms. The minimum atomic E-state index is -4.30. The summed E-state index contributed by atoms with van der Waals surface area (Å²) in [6.45, 7) is 4.22. The monoisotopic (exact) mass is 424 g/mol.